The standard InChI is InChI=1S/C19H25N3O2/c1-15-16(2)20-22(17(15)3)14-19(24)21(12-13-23)11-7-10-18-8-5-4-6-9-18/h4-10,23H,11-14H2,1-3H3. The number of hydrogen-bond acceptors (Lipinski definition) is 3. The number of hydrogen-bond donors (Lipinski definition) is 1. The third kappa shape index (κ3) is 4.55. The van der Waals surface area contributed by atoms with Gasteiger partial charge in [-0.15, -0.1) is 0 Å². The number of aromatic nitrogens is 2. The van der Waals surface area contributed by atoms with Gasteiger partial charge in [0.25, 0.3) is 0 Å². The Bertz CT molecular complexity index is 705. The lowest BCUT2D eigenvalue weighted by atomic mass is 10.2. The number of aryl methyl sites for hydroxylation is 1. The average molecular weight is 327 g/mol. The molecule has 0 unspecified atom stereocenters. The molecule has 0 radical (unpaired) electrons. The van der Waals surface area contributed by atoms with Crippen LogP contribution in [0, 0.1) is 20.8 Å². The molecule has 0 saturated heterocycles. The largest absolute Gasteiger partial charge is 0.395 e. The van der Waals surface area contributed by atoms with Crippen LogP contribution in [-0.4, -0.2) is 45.4 Å². The van der Waals surface area contributed by atoms with E-state index in [0.29, 0.717) is 13.1 Å². The van der Waals surface area contributed by atoms with Crippen molar-refractivity contribution in [2.24, 2.45) is 0 Å². The monoisotopic (exact) mass is 327 g/mol. The summed E-state index contributed by atoms with van der Waals surface area (Å²) in [5.41, 5.74) is 4.14. The number of rotatable bonds is 7. The van der Waals surface area contributed by atoms with Crippen LogP contribution in [0.4, 0.5) is 0 Å². The zero-order valence-electron chi connectivity index (χ0n) is 14.6. The number of benzene rings is 1. The van der Waals surface area contributed by atoms with Gasteiger partial charge in [-0.05, 0) is 31.9 Å². The molecule has 5 heteroatoms. The molecular formula is C19H25N3O2. The predicted molar refractivity (Wildman–Crippen MR) is 95.6 cm³/mol. The van der Waals surface area contributed by atoms with Crippen molar-refractivity contribution in [1.82, 2.24) is 14.7 Å². The fraction of sp³-hybridized carbons (Fsp3) is 0.368. The van der Waals surface area contributed by atoms with Crippen molar-refractivity contribution in [2.75, 3.05) is 19.7 Å². The number of amides is 1. The fourth-order valence-electron chi connectivity index (χ4n) is 2.49. The van der Waals surface area contributed by atoms with E-state index < -0.39 is 0 Å². The maximum atomic E-state index is 12.5. The lowest BCUT2D eigenvalue weighted by Crippen LogP contribution is -2.36. The molecule has 0 fully saturated rings. The second-order valence-electron chi connectivity index (χ2n) is 5.83. The molecule has 0 aliphatic heterocycles. The van der Waals surface area contributed by atoms with Gasteiger partial charge in [0.1, 0.15) is 6.54 Å². The molecule has 0 aliphatic rings. The number of aliphatic hydroxyl groups excluding tert-OH is 1. The predicted octanol–water partition coefficient (Wildman–Crippen LogP) is 2.34. The molecule has 1 heterocycles. The van der Waals surface area contributed by atoms with Crippen molar-refractivity contribution in [2.45, 2.75) is 27.3 Å². The summed E-state index contributed by atoms with van der Waals surface area (Å²) in [7, 11) is 0. The SMILES string of the molecule is Cc1nn(CC(=O)N(CC=Cc2ccccc2)CCO)c(C)c1C. The lowest BCUT2D eigenvalue weighted by Gasteiger charge is -2.20. The van der Waals surface area contributed by atoms with Crippen molar-refractivity contribution in [3.8, 4) is 0 Å². The molecule has 0 bridgehead atoms. The second-order valence-corrected chi connectivity index (χ2v) is 5.83. The number of carbonyl (C=O) groups is 1. The van der Waals surface area contributed by atoms with E-state index in [2.05, 4.69) is 5.10 Å². The number of carbonyl (C=O) groups excluding carboxylic acids is 1. The van der Waals surface area contributed by atoms with Gasteiger partial charge in [-0.25, -0.2) is 0 Å². The second kappa shape index (κ2) is 8.45. The van der Waals surface area contributed by atoms with E-state index in [1.54, 1.807) is 9.58 Å². The van der Waals surface area contributed by atoms with Crippen LogP contribution in [0.2, 0.25) is 0 Å². The summed E-state index contributed by atoms with van der Waals surface area (Å²) >= 11 is 0. The minimum Gasteiger partial charge on any atom is -0.395 e. The average Bonchev–Trinajstić information content (AvgIpc) is 2.82. The Balaban J connectivity index is 2.02. The van der Waals surface area contributed by atoms with Crippen molar-refractivity contribution < 1.29 is 9.90 Å². The summed E-state index contributed by atoms with van der Waals surface area (Å²) in [6, 6.07) is 9.93. The fourth-order valence-corrected chi connectivity index (χ4v) is 2.49. The van der Waals surface area contributed by atoms with Gasteiger partial charge in [-0.2, -0.15) is 5.10 Å². The van der Waals surface area contributed by atoms with Crippen LogP contribution in [0.3, 0.4) is 0 Å². The molecular weight excluding hydrogens is 302 g/mol. The lowest BCUT2D eigenvalue weighted by molar-refractivity contribution is -0.132. The third-order valence-electron chi connectivity index (χ3n) is 4.19. The van der Waals surface area contributed by atoms with Crippen LogP contribution in [0.15, 0.2) is 36.4 Å². The van der Waals surface area contributed by atoms with Gasteiger partial charge in [-0.3, -0.25) is 9.48 Å². The van der Waals surface area contributed by atoms with Gasteiger partial charge in [-0.1, -0.05) is 42.5 Å². The highest BCUT2D eigenvalue weighted by Crippen LogP contribution is 2.11. The number of nitrogens with zero attached hydrogens (tertiary/aromatic N) is 3. The van der Waals surface area contributed by atoms with Crippen LogP contribution in [-0.2, 0) is 11.3 Å². The molecule has 0 spiro atoms. The van der Waals surface area contributed by atoms with Gasteiger partial charge in [0, 0.05) is 18.8 Å². The Kier molecular flexibility index (Phi) is 6.32. The highest BCUT2D eigenvalue weighted by Gasteiger charge is 2.15. The Labute approximate surface area is 143 Å². The van der Waals surface area contributed by atoms with Crippen molar-refractivity contribution in [3.63, 3.8) is 0 Å². The minimum absolute atomic E-state index is 0.0487. The van der Waals surface area contributed by atoms with Crippen molar-refractivity contribution in [3.05, 3.63) is 58.9 Å². The maximum Gasteiger partial charge on any atom is 0.244 e. The summed E-state index contributed by atoms with van der Waals surface area (Å²) in [4.78, 5) is 14.2. The van der Waals surface area contributed by atoms with Crippen LogP contribution in [0.1, 0.15) is 22.5 Å². The topological polar surface area (TPSA) is 58.4 Å². The first-order valence-electron chi connectivity index (χ1n) is 8.13. The molecule has 1 aromatic heterocycles. The van der Waals surface area contributed by atoms with Gasteiger partial charge in [0.05, 0.1) is 12.3 Å². The zero-order valence-corrected chi connectivity index (χ0v) is 14.6. The quantitative estimate of drug-likeness (QED) is 0.849. The molecule has 0 saturated carbocycles. The molecule has 5 nitrogen and oxygen atoms in total. The first-order valence-corrected chi connectivity index (χ1v) is 8.13. The molecule has 1 aromatic carbocycles. The molecule has 2 aromatic rings. The Morgan fingerprint density at radius 1 is 1.25 bits per heavy atom. The highest BCUT2D eigenvalue weighted by molar-refractivity contribution is 5.76. The summed E-state index contributed by atoms with van der Waals surface area (Å²) in [5, 5.41) is 13.6. The van der Waals surface area contributed by atoms with Crippen LogP contribution < -0.4 is 0 Å². The smallest absolute Gasteiger partial charge is 0.244 e. The first-order chi connectivity index (χ1) is 11.5. The van der Waals surface area contributed by atoms with E-state index in [1.165, 1.54) is 0 Å². The molecule has 24 heavy (non-hydrogen) atoms. The molecule has 128 valence electrons. The molecule has 2 rings (SSSR count). The van der Waals surface area contributed by atoms with Crippen LogP contribution >= 0.6 is 0 Å². The minimum atomic E-state index is -0.0545. The summed E-state index contributed by atoms with van der Waals surface area (Å²) in [6.07, 6.45) is 3.92. The summed E-state index contributed by atoms with van der Waals surface area (Å²) in [6.45, 7) is 6.84. The van der Waals surface area contributed by atoms with Crippen LogP contribution in [0.5, 0.6) is 0 Å². The van der Waals surface area contributed by atoms with E-state index in [9.17, 15) is 9.90 Å². The molecule has 0 aliphatic carbocycles. The van der Waals surface area contributed by atoms with Gasteiger partial charge >= 0.3 is 0 Å². The van der Waals surface area contributed by atoms with E-state index in [4.69, 9.17) is 0 Å². The Hall–Kier alpha value is -2.40. The van der Waals surface area contributed by atoms with Gasteiger partial charge < -0.3 is 10.0 Å². The van der Waals surface area contributed by atoms with E-state index in [0.717, 1.165) is 22.5 Å². The molecule has 1 N–H and O–H groups in total. The van der Waals surface area contributed by atoms with E-state index >= 15 is 0 Å². The highest BCUT2D eigenvalue weighted by atomic mass is 16.3. The maximum absolute atomic E-state index is 12.5. The normalized spacial score (nSPS) is 11.2. The Morgan fingerprint density at radius 3 is 2.54 bits per heavy atom. The molecule has 1 amide bonds. The van der Waals surface area contributed by atoms with Gasteiger partial charge in [0.15, 0.2) is 0 Å². The van der Waals surface area contributed by atoms with Crippen molar-refractivity contribution >= 4 is 12.0 Å². The number of aliphatic hydroxyl groups is 1. The zero-order chi connectivity index (χ0) is 17.5. The van der Waals surface area contributed by atoms with E-state index in [1.807, 2.05) is 63.3 Å². The third-order valence-corrected chi connectivity index (χ3v) is 4.19. The van der Waals surface area contributed by atoms with Crippen LogP contribution in [0.25, 0.3) is 6.08 Å². The summed E-state index contributed by atoms with van der Waals surface area (Å²) in [5.74, 6) is -0.0487. The van der Waals surface area contributed by atoms with Crippen molar-refractivity contribution in [1.29, 1.82) is 0 Å². The Morgan fingerprint density at radius 2 is 1.96 bits per heavy atom. The first kappa shape index (κ1) is 17.9. The molecule has 0 atom stereocenters. The summed E-state index contributed by atoms with van der Waals surface area (Å²) < 4.78 is 1.73. The van der Waals surface area contributed by atoms with E-state index in [-0.39, 0.29) is 19.1 Å². The van der Waals surface area contributed by atoms with Gasteiger partial charge in [0.2, 0.25) is 5.91 Å².